The first-order valence-electron chi connectivity index (χ1n) is 6.83. The molecular formula is C13H26N2O3. The minimum absolute atomic E-state index is 0.119. The molecule has 0 aromatic rings. The molecule has 0 saturated carbocycles. The fourth-order valence-corrected chi connectivity index (χ4v) is 2.16. The van der Waals surface area contributed by atoms with E-state index in [2.05, 4.69) is 17.6 Å². The zero-order valence-electron chi connectivity index (χ0n) is 11.5. The summed E-state index contributed by atoms with van der Waals surface area (Å²) in [7, 11) is 1.66. The summed E-state index contributed by atoms with van der Waals surface area (Å²) in [6.45, 7) is 5.71. The largest absolute Gasteiger partial charge is 0.382 e. The van der Waals surface area contributed by atoms with Gasteiger partial charge in [0.05, 0.1) is 19.1 Å². The standard InChI is InChI=1S/C13H26N2O3/c1-11-12(5-3-6-14-11)13(16)15-7-4-8-18-10-9-17-2/h11-12,14H,3-10H2,1-2H3,(H,15,16). The lowest BCUT2D eigenvalue weighted by atomic mass is 9.91. The minimum Gasteiger partial charge on any atom is -0.382 e. The highest BCUT2D eigenvalue weighted by Gasteiger charge is 2.26. The van der Waals surface area contributed by atoms with E-state index in [4.69, 9.17) is 9.47 Å². The summed E-state index contributed by atoms with van der Waals surface area (Å²) >= 11 is 0. The highest BCUT2D eigenvalue weighted by atomic mass is 16.5. The molecule has 1 amide bonds. The van der Waals surface area contributed by atoms with Crippen LogP contribution in [0.25, 0.3) is 0 Å². The summed E-state index contributed by atoms with van der Waals surface area (Å²) in [5.41, 5.74) is 0. The van der Waals surface area contributed by atoms with E-state index in [0.717, 1.165) is 25.8 Å². The molecule has 0 radical (unpaired) electrons. The predicted molar refractivity (Wildman–Crippen MR) is 70.5 cm³/mol. The summed E-state index contributed by atoms with van der Waals surface area (Å²) in [5, 5.41) is 6.32. The van der Waals surface area contributed by atoms with Crippen molar-refractivity contribution in [2.75, 3.05) is 40.0 Å². The number of piperidine rings is 1. The molecule has 1 aliphatic rings. The molecule has 5 heteroatoms. The van der Waals surface area contributed by atoms with E-state index in [9.17, 15) is 4.79 Å². The molecule has 0 aromatic heterocycles. The van der Waals surface area contributed by atoms with Crippen LogP contribution in [-0.2, 0) is 14.3 Å². The van der Waals surface area contributed by atoms with Gasteiger partial charge in [-0.2, -0.15) is 0 Å². The van der Waals surface area contributed by atoms with Crippen LogP contribution in [0.3, 0.4) is 0 Å². The smallest absolute Gasteiger partial charge is 0.224 e. The van der Waals surface area contributed by atoms with Crippen LogP contribution >= 0.6 is 0 Å². The van der Waals surface area contributed by atoms with Crippen LogP contribution in [-0.4, -0.2) is 52.0 Å². The number of hydrogen-bond acceptors (Lipinski definition) is 4. The van der Waals surface area contributed by atoms with Gasteiger partial charge < -0.3 is 20.1 Å². The fraction of sp³-hybridized carbons (Fsp3) is 0.923. The Kier molecular flexibility index (Phi) is 7.96. The zero-order chi connectivity index (χ0) is 13.2. The molecule has 0 aromatic carbocycles. The molecular weight excluding hydrogens is 232 g/mol. The Labute approximate surface area is 110 Å². The van der Waals surface area contributed by atoms with Crippen molar-refractivity contribution in [2.45, 2.75) is 32.2 Å². The molecule has 0 aliphatic carbocycles. The summed E-state index contributed by atoms with van der Waals surface area (Å²) in [6, 6.07) is 0.289. The maximum absolute atomic E-state index is 11.9. The number of carbonyl (C=O) groups is 1. The predicted octanol–water partition coefficient (Wildman–Crippen LogP) is 0.544. The summed E-state index contributed by atoms with van der Waals surface area (Å²) in [5.74, 6) is 0.291. The molecule has 1 fully saturated rings. The van der Waals surface area contributed by atoms with Crippen molar-refractivity contribution >= 4 is 5.91 Å². The first-order valence-corrected chi connectivity index (χ1v) is 6.83. The van der Waals surface area contributed by atoms with Crippen LogP contribution in [0.2, 0.25) is 0 Å². The van der Waals surface area contributed by atoms with Gasteiger partial charge in [-0.05, 0) is 32.7 Å². The third-order valence-electron chi connectivity index (χ3n) is 3.30. The Hall–Kier alpha value is -0.650. The molecule has 0 spiro atoms. The van der Waals surface area contributed by atoms with Gasteiger partial charge in [0.2, 0.25) is 5.91 Å². The van der Waals surface area contributed by atoms with Crippen LogP contribution < -0.4 is 10.6 Å². The van der Waals surface area contributed by atoms with Crippen molar-refractivity contribution in [1.82, 2.24) is 10.6 Å². The van der Waals surface area contributed by atoms with Gasteiger partial charge in [0.1, 0.15) is 0 Å². The molecule has 1 heterocycles. The molecule has 0 bridgehead atoms. The van der Waals surface area contributed by atoms with E-state index in [0.29, 0.717) is 26.4 Å². The Bertz CT molecular complexity index is 236. The highest BCUT2D eigenvalue weighted by molar-refractivity contribution is 5.79. The number of amides is 1. The first-order chi connectivity index (χ1) is 8.75. The van der Waals surface area contributed by atoms with Crippen molar-refractivity contribution in [2.24, 2.45) is 5.92 Å². The van der Waals surface area contributed by atoms with Crippen molar-refractivity contribution in [3.63, 3.8) is 0 Å². The van der Waals surface area contributed by atoms with Gasteiger partial charge in [-0.25, -0.2) is 0 Å². The second-order valence-electron chi connectivity index (χ2n) is 4.74. The number of hydrogen-bond donors (Lipinski definition) is 2. The molecule has 106 valence electrons. The lowest BCUT2D eigenvalue weighted by molar-refractivity contribution is -0.126. The quantitative estimate of drug-likeness (QED) is 0.624. The maximum Gasteiger partial charge on any atom is 0.224 e. The van der Waals surface area contributed by atoms with Gasteiger partial charge >= 0.3 is 0 Å². The lowest BCUT2D eigenvalue weighted by Gasteiger charge is -2.28. The Balaban J connectivity index is 2.02. The van der Waals surface area contributed by atoms with E-state index in [1.54, 1.807) is 7.11 Å². The lowest BCUT2D eigenvalue weighted by Crippen LogP contribution is -2.46. The van der Waals surface area contributed by atoms with Crippen LogP contribution in [0.15, 0.2) is 0 Å². The van der Waals surface area contributed by atoms with Gasteiger partial charge in [0.25, 0.3) is 0 Å². The molecule has 2 unspecified atom stereocenters. The number of nitrogens with one attached hydrogen (secondary N) is 2. The van der Waals surface area contributed by atoms with E-state index in [1.807, 2.05) is 0 Å². The summed E-state index contributed by atoms with van der Waals surface area (Å²) in [6.07, 6.45) is 2.93. The van der Waals surface area contributed by atoms with E-state index in [-0.39, 0.29) is 17.9 Å². The van der Waals surface area contributed by atoms with Crippen LogP contribution in [0, 0.1) is 5.92 Å². The topological polar surface area (TPSA) is 59.6 Å². The highest BCUT2D eigenvalue weighted by Crippen LogP contribution is 2.15. The molecule has 1 saturated heterocycles. The van der Waals surface area contributed by atoms with Crippen LogP contribution in [0.1, 0.15) is 26.2 Å². The fourth-order valence-electron chi connectivity index (χ4n) is 2.16. The van der Waals surface area contributed by atoms with Crippen molar-refractivity contribution in [3.8, 4) is 0 Å². The van der Waals surface area contributed by atoms with Gasteiger partial charge in [-0.15, -0.1) is 0 Å². The van der Waals surface area contributed by atoms with E-state index < -0.39 is 0 Å². The van der Waals surface area contributed by atoms with Gasteiger partial charge in [-0.1, -0.05) is 0 Å². The van der Waals surface area contributed by atoms with E-state index >= 15 is 0 Å². The number of ether oxygens (including phenoxy) is 2. The molecule has 2 atom stereocenters. The molecule has 2 N–H and O–H groups in total. The van der Waals surface area contributed by atoms with Crippen molar-refractivity contribution in [1.29, 1.82) is 0 Å². The average molecular weight is 258 g/mol. The molecule has 18 heavy (non-hydrogen) atoms. The Morgan fingerprint density at radius 1 is 1.39 bits per heavy atom. The first kappa shape index (κ1) is 15.4. The number of methoxy groups -OCH3 is 1. The Morgan fingerprint density at radius 3 is 2.94 bits per heavy atom. The second kappa shape index (κ2) is 9.30. The van der Waals surface area contributed by atoms with Gasteiger partial charge in [-0.3, -0.25) is 4.79 Å². The van der Waals surface area contributed by atoms with Crippen LogP contribution in [0.4, 0.5) is 0 Å². The van der Waals surface area contributed by atoms with Crippen LogP contribution in [0.5, 0.6) is 0 Å². The minimum atomic E-state index is 0.119. The monoisotopic (exact) mass is 258 g/mol. The second-order valence-corrected chi connectivity index (χ2v) is 4.74. The number of carbonyl (C=O) groups excluding carboxylic acids is 1. The van der Waals surface area contributed by atoms with Gasteiger partial charge in [0, 0.05) is 26.3 Å². The zero-order valence-corrected chi connectivity index (χ0v) is 11.5. The normalized spacial score (nSPS) is 23.9. The van der Waals surface area contributed by atoms with Gasteiger partial charge in [0.15, 0.2) is 0 Å². The Morgan fingerprint density at radius 2 is 2.22 bits per heavy atom. The molecule has 1 rings (SSSR count). The third-order valence-corrected chi connectivity index (χ3v) is 3.30. The SMILES string of the molecule is COCCOCCCNC(=O)C1CCCNC1C. The molecule has 5 nitrogen and oxygen atoms in total. The molecule has 1 aliphatic heterocycles. The number of rotatable bonds is 8. The summed E-state index contributed by atoms with van der Waals surface area (Å²) < 4.78 is 10.2. The summed E-state index contributed by atoms with van der Waals surface area (Å²) in [4.78, 5) is 11.9. The third kappa shape index (κ3) is 5.80. The van der Waals surface area contributed by atoms with Crippen molar-refractivity contribution in [3.05, 3.63) is 0 Å². The maximum atomic E-state index is 11.9. The van der Waals surface area contributed by atoms with E-state index in [1.165, 1.54) is 0 Å². The average Bonchev–Trinajstić information content (AvgIpc) is 2.38. The van der Waals surface area contributed by atoms with Crippen molar-refractivity contribution < 1.29 is 14.3 Å².